The van der Waals surface area contributed by atoms with Crippen LogP contribution in [-0.2, 0) is 11.3 Å². The van der Waals surface area contributed by atoms with E-state index in [1.807, 2.05) is 24.8 Å². The van der Waals surface area contributed by atoms with Gasteiger partial charge in [-0.25, -0.2) is 15.0 Å². The number of nitrogens with zero attached hydrogens (tertiary/aromatic N) is 4. The largest absolute Gasteiger partial charge is 0.372 e. The summed E-state index contributed by atoms with van der Waals surface area (Å²) < 4.78 is 6.17. The molecule has 2 saturated heterocycles. The molecule has 2 aliphatic rings. The fraction of sp³-hybridized carbons (Fsp3) is 0.611. The number of rotatable bonds is 6. The SMILES string of the molecule is Cc1cnc(NCC[C@H]2CCOC23CN(Cc2scnc2C)C3)nc1. The Kier molecular flexibility index (Phi) is 4.71. The molecule has 0 unspecified atom stereocenters. The van der Waals surface area contributed by atoms with Gasteiger partial charge in [0.1, 0.15) is 0 Å². The molecule has 6 nitrogen and oxygen atoms in total. The van der Waals surface area contributed by atoms with Gasteiger partial charge in [-0.15, -0.1) is 11.3 Å². The Morgan fingerprint density at radius 3 is 2.80 bits per heavy atom. The molecule has 25 heavy (non-hydrogen) atoms. The first-order chi connectivity index (χ1) is 12.1. The molecule has 0 bridgehead atoms. The van der Waals surface area contributed by atoms with Crippen molar-refractivity contribution >= 4 is 17.3 Å². The van der Waals surface area contributed by atoms with E-state index in [9.17, 15) is 0 Å². The molecule has 2 aromatic heterocycles. The van der Waals surface area contributed by atoms with Crippen LogP contribution in [0.2, 0.25) is 0 Å². The topological polar surface area (TPSA) is 63.2 Å². The zero-order valence-corrected chi connectivity index (χ0v) is 15.7. The van der Waals surface area contributed by atoms with E-state index in [4.69, 9.17) is 4.74 Å². The van der Waals surface area contributed by atoms with Gasteiger partial charge in [0.25, 0.3) is 0 Å². The van der Waals surface area contributed by atoms with Crippen molar-refractivity contribution in [3.05, 3.63) is 34.0 Å². The third kappa shape index (κ3) is 3.54. The van der Waals surface area contributed by atoms with Gasteiger partial charge in [-0.3, -0.25) is 4.90 Å². The second kappa shape index (κ2) is 6.97. The summed E-state index contributed by atoms with van der Waals surface area (Å²) in [4.78, 5) is 16.8. The Labute approximate surface area is 152 Å². The highest BCUT2D eigenvalue weighted by Gasteiger charge is 2.52. The minimum Gasteiger partial charge on any atom is -0.372 e. The maximum absolute atomic E-state index is 6.17. The average Bonchev–Trinajstić information content (AvgIpc) is 3.16. The zero-order valence-electron chi connectivity index (χ0n) is 14.9. The number of thiazole rings is 1. The smallest absolute Gasteiger partial charge is 0.222 e. The molecule has 134 valence electrons. The normalized spacial score (nSPS) is 22.2. The quantitative estimate of drug-likeness (QED) is 0.855. The van der Waals surface area contributed by atoms with Gasteiger partial charge in [-0.1, -0.05) is 0 Å². The van der Waals surface area contributed by atoms with E-state index in [0.29, 0.717) is 5.92 Å². The van der Waals surface area contributed by atoms with E-state index in [2.05, 4.69) is 32.1 Å². The predicted molar refractivity (Wildman–Crippen MR) is 98.8 cm³/mol. The Bertz CT molecular complexity index is 711. The second-order valence-electron chi connectivity index (χ2n) is 7.20. The Morgan fingerprint density at radius 1 is 1.28 bits per heavy atom. The summed E-state index contributed by atoms with van der Waals surface area (Å²) in [5.74, 6) is 1.33. The third-order valence-electron chi connectivity index (χ3n) is 5.35. The fourth-order valence-electron chi connectivity index (χ4n) is 3.89. The first-order valence-corrected chi connectivity index (χ1v) is 9.80. The van der Waals surface area contributed by atoms with Crippen LogP contribution >= 0.6 is 11.3 Å². The maximum Gasteiger partial charge on any atom is 0.222 e. The van der Waals surface area contributed by atoms with Gasteiger partial charge < -0.3 is 10.1 Å². The standard InChI is InChI=1S/C18H25N5OS/c1-13-7-20-17(21-8-13)19-5-3-15-4-6-24-18(15)10-23(11-18)9-16-14(2)22-12-25-16/h7-8,12,15H,3-6,9-11H2,1-2H3,(H,19,20,21)/t15-/m0/s1. The highest BCUT2D eigenvalue weighted by atomic mass is 32.1. The summed E-state index contributed by atoms with van der Waals surface area (Å²) in [6.07, 6.45) is 5.95. The summed E-state index contributed by atoms with van der Waals surface area (Å²) in [6, 6.07) is 0. The number of likely N-dealkylation sites (tertiary alicyclic amines) is 1. The first-order valence-electron chi connectivity index (χ1n) is 8.92. The molecule has 0 aromatic carbocycles. The highest BCUT2D eigenvalue weighted by molar-refractivity contribution is 7.09. The average molecular weight is 359 g/mol. The van der Waals surface area contributed by atoms with Crippen molar-refractivity contribution in [3.8, 4) is 0 Å². The number of hydrogen-bond donors (Lipinski definition) is 1. The molecule has 1 atom stereocenters. The Morgan fingerprint density at radius 2 is 2.08 bits per heavy atom. The molecule has 0 radical (unpaired) electrons. The van der Waals surface area contributed by atoms with E-state index in [1.54, 1.807) is 11.3 Å². The summed E-state index contributed by atoms with van der Waals surface area (Å²) in [7, 11) is 0. The van der Waals surface area contributed by atoms with Crippen molar-refractivity contribution < 1.29 is 4.74 Å². The molecule has 2 aromatic rings. The molecular formula is C18H25N5OS. The summed E-state index contributed by atoms with van der Waals surface area (Å²) in [6.45, 7) is 8.95. The van der Waals surface area contributed by atoms with Crippen LogP contribution in [0, 0.1) is 19.8 Å². The van der Waals surface area contributed by atoms with Gasteiger partial charge in [0, 0.05) is 50.1 Å². The van der Waals surface area contributed by atoms with Crippen molar-refractivity contribution in [1.82, 2.24) is 19.9 Å². The molecule has 0 aliphatic carbocycles. The summed E-state index contributed by atoms with van der Waals surface area (Å²) >= 11 is 1.75. The highest BCUT2D eigenvalue weighted by Crippen LogP contribution is 2.42. The molecule has 4 rings (SSSR count). The van der Waals surface area contributed by atoms with Crippen LogP contribution in [0.3, 0.4) is 0 Å². The van der Waals surface area contributed by atoms with Gasteiger partial charge in [-0.05, 0) is 38.2 Å². The molecule has 7 heteroatoms. The molecule has 0 amide bonds. The van der Waals surface area contributed by atoms with Gasteiger partial charge >= 0.3 is 0 Å². The van der Waals surface area contributed by atoms with Crippen LogP contribution in [-0.4, -0.2) is 51.7 Å². The molecule has 1 N–H and O–H groups in total. The van der Waals surface area contributed by atoms with Crippen LogP contribution in [0.4, 0.5) is 5.95 Å². The van der Waals surface area contributed by atoms with Gasteiger partial charge in [0.15, 0.2) is 0 Å². The van der Waals surface area contributed by atoms with Gasteiger partial charge in [0.05, 0.1) is 16.8 Å². The van der Waals surface area contributed by atoms with E-state index in [1.165, 1.54) is 4.88 Å². The molecule has 0 saturated carbocycles. The second-order valence-corrected chi connectivity index (χ2v) is 8.14. The van der Waals surface area contributed by atoms with Crippen molar-refractivity contribution in [2.45, 2.75) is 38.8 Å². The fourth-order valence-corrected chi connectivity index (χ4v) is 4.71. The van der Waals surface area contributed by atoms with Crippen molar-refractivity contribution in [3.63, 3.8) is 0 Å². The Balaban J connectivity index is 1.27. The number of ether oxygens (including phenoxy) is 1. The Hall–Kier alpha value is -1.57. The number of aryl methyl sites for hydroxylation is 2. The number of nitrogens with one attached hydrogen (secondary N) is 1. The molecule has 2 aliphatic heterocycles. The molecule has 2 fully saturated rings. The van der Waals surface area contributed by atoms with Gasteiger partial charge in [-0.2, -0.15) is 0 Å². The van der Waals surface area contributed by atoms with E-state index in [0.717, 1.165) is 62.8 Å². The van der Waals surface area contributed by atoms with Crippen molar-refractivity contribution in [2.75, 3.05) is 31.6 Å². The summed E-state index contributed by atoms with van der Waals surface area (Å²) in [5, 5.41) is 3.34. The van der Waals surface area contributed by atoms with Crippen LogP contribution in [0.1, 0.15) is 29.0 Å². The van der Waals surface area contributed by atoms with Crippen LogP contribution in [0.25, 0.3) is 0 Å². The van der Waals surface area contributed by atoms with E-state index < -0.39 is 0 Å². The third-order valence-corrected chi connectivity index (χ3v) is 6.27. The van der Waals surface area contributed by atoms with Crippen LogP contribution in [0.15, 0.2) is 17.9 Å². The first kappa shape index (κ1) is 16.9. The minimum atomic E-state index is 0.0639. The van der Waals surface area contributed by atoms with E-state index >= 15 is 0 Å². The molecule has 4 heterocycles. The number of anilines is 1. The van der Waals surface area contributed by atoms with Crippen LogP contribution < -0.4 is 5.32 Å². The lowest BCUT2D eigenvalue weighted by molar-refractivity contribution is -0.136. The zero-order chi connectivity index (χ0) is 17.3. The lowest BCUT2D eigenvalue weighted by Gasteiger charge is -2.50. The predicted octanol–water partition coefficient (Wildman–Crippen LogP) is 2.64. The number of hydrogen-bond acceptors (Lipinski definition) is 7. The minimum absolute atomic E-state index is 0.0639. The van der Waals surface area contributed by atoms with Crippen molar-refractivity contribution in [2.24, 2.45) is 5.92 Å². The van der Waals surface area contributed by atoms with E-state index in [-0.39, 0.29) is 5.60 Å². The van der Waals surface area contributed by atoms with Crippen molar-refractivity contribution in [1.29, 1.82) is 0 Å². The molecule has 1 spiro atoms. The number of aromatic nitrogens is 3. The lowest BCUT2D eigenvalue weighted by Crippen LogP contribution is -2.64. The lowest BCUT2D eigenvalue weighted by atomic mass is 9.79. The van der Waals surface area contributed by atoms with Gasteiger partial charge in [0.2, 0.25) is 5.95 Å². The summed E-state index contributed by atoms with van der Waals surface area (Å²) in [5.41, 5.74) is 4.25. The van der Waals surface area contributed by atoms with Crippen LogP contribution in [0.5, 0.6) is 0 Å². The molecular weight excluding hydrogens is 334 g/mol. The monoisotopic (exact) mass is 359 g/mol. The maximum atomic E-state index is 6.17.